The number of benzene rings is 2. The van der Waals surface area contributed by atoms with Gasteiger partial charge in [0, 0.05) is 5.39 Å². The summed E-state index contributed by atoms with van der Waals surface area (Å²) >= 11 is 0. The van der Waals surface area contributed by atoms with Gasteiger partial charge in [-0.25, -0.2) is 4.79 Å². The van der Waals surface area contributed by atoms with Crippen molar-refractivity contribution in [3.8, 4) is 5.75 Å². The summed E-state index contributed by atoms with van der Waals surface area (Å²) in [6.07, 6.45) is 0. The van der Waals surface area contributed by atoms with Crippen molar-refractivity contribution >= 4 is 16.7 Å². The zero-order chi connectivity index (χ0) is 11.5. The van der Waals surface area contributed by atoms with Crippen molar-refractivity contribution in [2.24, 2.45) is 0 Å². The normalized spacial score (nSPS) is 10.3. The highest BCUT2D eigenvalue weighted by atomic mass is 16.5. The molecular formula is C13H12O3. The van der Waals surface area contributed by atoms with Gasteiger partial charge >= 0.3 is 5.97 Å². The van der Waals surface area contributed by atoms with E-state index < -0.39 is 5.97 Å². The molecule has 0 aliphatic heterocycles. The molecule has 82 valence electrons. The Hall–Kier alpha value is -2.03. The van der Waals surface area contributed by atoms with Crippen LogP contribution in [-0.2, 0) is 0 Å². The number of carboxylic acid groups (broad SMARTS) is 1. The van der Waals surface area contributed by atoms with E-state index in [-0.39, 0.29) is 5.56 Å². The molecule has 0 unspecified atom stereocenters. The molecule has 0 fully saturated rings. The molecule has 3 heteroatoms. The Bertz CT molecular complexity index is 526. The largest absolute Gasteiger partial charge is 0.493 e. The van der Waals surface area contributed by atoms with Crippen LogP contribution in [0.4, 0.5) is 0 Å². The van der Waals surface area contributed by atoms with Gasteiger partial charge in [-0.3, -0.25) is 0 Å². The number of aromatic carboxylic acids is 1. The van der Waals surface area contributed by atoms with Gasteiger partial charge in [-0.15, -0.1) is 0 Å². The predicted octanol–water partition coefficient (Wildman–Crippen LogP) is 2.94. The van der Waals surface area contributed by atoms with E-state index in [1.54, 1.807) is 18.2 Å². The van der Waals surface area contributed by atoms with Crippen LogP contribution in [0, 0.1) is 0 Å². The van der Waals surface area contributed by atoms with Crippen molar-refractivity contribution in [1.82, 2.24) is 0 Å². The molecule has 0 amide bonds. The zero-order valence-corrected chi connectivity index (χ0v) is 8.93. The Labute approximate surface area is 93.3 Å². The van der Waals surface area contributed by atoms with E-state index in [1.165, 1.54) is 0 Å². The average molecular weight is 216 g/mol. The van der Waals surface area contributed by atoms with Gasteiger partial charge < -0.3 is 9.84 Å². The maximum Gasteiger partial charge on any atom is 0.336 e. The molecule has 0 aromatic heterocycles. The molecule has 3 nitrogen and oxygen atoms in total. The highest BCUT2D eigenvalue weighted by Crippen LogP contribution is 2.28. The third-order valence-electron chi connectivity index (χ3n) is 2.40. The summed E-state index contributed by atoms with van der Waals surface area (Å²) in [6.45, 7) is 2.40. The molecule has 0 spiro atoms. The average Bonchev–Trinajstić information content (AvgIpc) is 2.29. The van der Waals surface area contributed by atoms with E-state index in [0.717, 1.165) is 5.39 Å². The van der Waals surface area contributed by atoms with Gasteiger partial charge in [0.05, 0.1) is 12.2 Å². The fourth-order valence-electron chi connectivity index (χ4n) is 1.76. The van der Waals surface area contributed by atoms with Gasteiger partial charge in [-0.2, -0.15) is 0 Å². The van der Waals surface area contributed by atoms with E-state index >= 15 is 0 Å². The summed E-state index contributed by atoms with van der Waals surface area (Å²) in [5.41, 5.74) is 0.279. The minimum atomic E-state index is -0.933. The maximum absolute atomic E-state index is 11.1. The van der Waals surface area contributed by atoms with E-state index in [2.05, 4.69) is 0 Å². The van der Waals surface area contributed by atoms with E-state index in [1.807, 2.05) is 25.1 Å². The fourth-order valence-corrected chi connectivity index (χ4v) is 1.76. The van der Waals surface area contributed by atoms with Gasteiger partial charge in [0.25, 0.3) is 0 Å². The molecule has 0 aliphatic carbocycles. The Kier molecular flexibility index (Phi) is 2.77. The number of rotatable bonds is 3. The summed E-state index contributed by atoms with van der Waals surface area (Å²) in [6, 6.07) is 10.7. The summed E-state index contributed by atoms with van der Waals surface area (Å²) < 4.78 is 5.45. The van der Waals surface area contributed by atoms with Crippen LogP contribution >= 0.6 is 0 Å². The molecule has 0 saturated carbocycles. The van der Waals surface area contributed by atoms with Crippen molar-refractivity contribution in [2.75, 3.05) is 6.61 Å². The van der Waals surface area contributed by atoms with Crippen LogP contribution in [-0.4, -0.2) is 17.7 Å². The topological polar surface area (TPSA) is 46.5 Å². The molecule has 0 radical (unpaired) electrons. The highest BCUT2D eigenvalue weighted by Gasteiger charge is 2.11. The number of fused-ring (bicyclic) bond motifs is 1. The van der Waals surface area contributed by atoms with E-state index in [0.29, 0.717) is 17.7 Å². The van der Waals surface area contributed by atoms with Crippen molar-refractivity contribution in [3.05, 3.63) is 42.0 Å². The first-order valence-corrected chi connectivity index (χ1v) is 5.12. The first kappa shape index (κ1) is 10.5. The number of carbonyl (C=O) groups is 1. The monoisotopic (exact) mass is 216 g/mol. The van der Waals surface area contributed by atoms with Crippen molar-refractivity contribution in [3.63, 3.8) is 0 Å². The molecule has 2 aromatic rings. The van der Waals surface area contributed by atoms with Crippen LogP contribution < -0.4 is 4.74 Å². The first-order valence-electron chi connectivity index (χ1n) is 5.12. The van der Waals surface area contributed by atoms with Gasteiger partial charge in [0.1, 0.15) is 5.75 Å². The first-order chi connectivity index (χ1) is 7.74. The number of ether oxygens (including phenoxy) is 1. The van der Waals surface area contributed by atoms with Crippen LogP contribution in [0.1, 0.15) is 17.3 Å². The van der Waals surface area contributed by atoms with E-state index in [4.69, 9.17) is 9.84 Å². The Morgan fingerprint density at radius 2 is 1.94 bits per heavy atom. The molecule has 0 bridgehead atoms. The molecule has 0 heterocycles. The minimum Gasteiger partial charge on any atom is -0.493 e. The lowest BCUT2D eigenvalue weighted by Crippen LogP contribution is -2.00. The summed E-state index contributed by atoms with van der Waals surface area (Å²) in [5, 5.41) is 10.7. The second kappa shape index (κ2) is 4.23. The van der Waals surface area contributed by atoms with Crippen molar-refractivity contribution < 1.29 is 14.6 Å². The van der Waals surface area contributed by atoms with Crippen LogP contribution in [0.15, 0.2) is 36.4 Å². The summed E-state index contributed by atoms with van der Waals surface area (Å²) in [5.74, 6) is -0.309. The van der Waals surface area contributed by atoms with Crippen LogP contribution in [0.3, 0.4) is 0 Å². The second-order valence-corrected chi connectivity index (χ2v) is 3.40. The van der Waals surface area contributed by atoms with E-state index in [9.17, 15) is 4.79 Å². The van der Waals surface area contributed by atoms with Crippen LogP contribution in [0.5, 0.6) is 5.75 Å². The number of hydrogen-bond acceptors (Lipinski definition) is 2. The zero-order valence-electron chi connectivity index (χ0n) is 8.93. The Morgan fingerprint density at radius 3 is 2.56 bits per heavy atom. The lowest BCUT2D eigenvalue weighted by Gasteiger charge is -2.09. The van der Waals surface area contributed by atoms with Crippen LogP contribution in [0.25, 0.3) is 10.8 Å². The third kappa shape index (κ3) is 1.72. The van der Waals surface area contributed by atoms with Gasteiger partial charge in [-0.1, -0.05) is 24.3 Å². The van der Waals surface area contributed by atoms with Gasteiger partial charge in [0.2, 0.25) is 0 Å². The predicted molar refractivity (Wildman–Crippen MR) is 62.1 cm³/mol. The lowest BCUT2D eigenvalue weighted by molar-refractivity contribution is 0.0698. The molecular weight excluding hydrogens is 204 g/mol. The molecule has 0 atom stereocenters. The lowest BCUT2D eigenvalue weighted by atomic mass is 10.0. The number of hydrogen-bond donors (Lipinski definition) is 1. The van der Waals surface area contributed by atoms with Gasteiger partial charge in [0.15, 0.2) is 0 Å². The highest BCUT2D eigenvalue weighted by molar-refractivity contribution is 6.06. The van der Waals surface area contributed by atoms with Crippen molar-refractivity contribution in [2.45, 2.75) is 6.92 Å². The molecule has 1 N–H and O–H groups in total. The Morgan fingerprint density at radius 1 is 1.25 bits per heavy atom. The van der Waals surface area contributed by atoms with Gasteiger partial charge in [-0.05, 0) is 24.4 Å². The molecule has 0 saturated heterocycles. The summed E-state index contributed by atoms with van der Waals surface area (Å²) in [7, 11) is 0. The summed E-state index contributed by atoms with van der Waals surface area (Å²) in [4.78, 5) is 11.1. The SMILES string of the molecule is CCOc1cccc2cccc(C(=O)O)c12. The Balaban J connectivity index is 2.76. The number of carboxylic acids is 1. The standard InChI is InChI=1S/C13H12O3/c1-2-16-11-8-4-6-9-5-3-7-10(12(9)11)13(14)15/h3-8H,2H2,1H3,(H,14,15). The van der Waals surface area contributed by atoms with Crippen molar-refractivity contribution in [1.29, 1.82) is 0 Å². The molecule has 2 aromatic carbocycles. The van der Waals surface area contributed by atoms with Crippen LogP contribution in [0.2, 0.25) is 0 Å². The smallest absolute Gasteiger partial charge is 0.336 e. The minimum absolute atomic E-state index is 0.279. The fraction of sp³-hybridized carbons (Fsp3) is 0.154. The third-order valence-corrected chi connectivity index (χ3v) is 2.40. The maximum atomic E-state index is 11.1. The molecule has 0 aliphatic rings. The second-order valence-electron chi connectivity index (χ2n) is 3.40. The molecule has 16 heavy (non-hydrogen) atoms. The quantitative estimate of drug-likeness (QED) is 0.858. The molecule has 2 rings (SSSR count).